The lowest BCUT2D eigenvalue weighted by Crippen LogP contribution is -2.67. The van der Waals surface area contributed by atoms with Crippen molar-refractivity contribution in [1.29, 1.82) is 0 Å². The smallest absolute Gasteiger partial charge is 0.261 e. The third kappa shape index (κ3) is 8.01. The zero-order valence-electron chi connectivity index (χ0n) is 23.3. The molecule has 0 aromatic heterocycles. The molecular weight excluding hydrogens is 468 g/mol. The van der Waals surface area contributed by atoms with Gasteiger partial charge in [-0.1, -0.05) is 157 Å². The van der Waals surface area contributed by atoms with E-state index in [1.165, 1.54) is 42.5 Å². The quantitative estimate of drug-likeness (QED) is 0.175. The molecule has 0 saturated heterocycles. The van der Waals surface area contributed by atoms with Gasteiger partial charge >= 0.3 is 0 Å². The minimum Gasteiger partial charge on any atom is -0.401 e. The minimum atomic E-state index is -2.64. The zero-order valence-corrected chi connectivity index (χ0v) is 24.3. The van der Waals surface area contributed by atoms with Crippen molar-refractivity contribution < 1.29 is 9.53 Å². The van der Waals surface area contributed by atoms with E-state index in [9.17, 15) is 5.11 Å². The lowest BCUT2D eigenvalue weighted by Gasteiger charge is -2.45. The molecule has 2 nitrogen and oxygen atoms in total. The van der Waals surface area contributed by atoms with Gasteiger partial charge in [0.15, 0.2) is 0 Å². The molecule has 0 aliphatic carbocycles. The highest BCUT2D eigenvalue weighted by atomic mass is 28.4. The third-order valence-corrected chi connectivity index (χ3v) is 12.3. The maximum absolute atomic E-state index is 9.60. The summed E-state index contributed by atoms with van der Waals surface area (Å²) in [5, 5.41) is 12.2. The van der Waals surface area contributed by atoms with Gasteiger partial charge in [0.25, 0.3) is 8.32 Å². The summed E-state index contributed by atoms with van der Waals surface area (Å²) in [6, 6.07) is 30.0. The van der Waals surface area contributed by atoms with Crippen LogP contribution in [0.3, 0.4) is 0 Å². The number of aliphatic hydroxyl groups excluding tert-OH is 1. The first-order chi connectivity index (χ1) is 17.9. The Morgan fingerprint density at radius 1 is 0.784 bits per heavy atom. The summed E-state index contributed by atoms with van der Waals surface area (Å²) in [6.07, 6.45) is 13.1. The van der Waals surface area contributed by atoms with Gasteiger partial charge in [-0.05, 0) is 39.0 Å². The average Bonchev–Trinajstić information content (AvgIpc) is 2.92. The van der Waals surface area contributed by atoms with Crippen LogP contribution in [-0.2, 0) is 11.0 Å². The molecule has 3 rings (SSSR count). The minimum absolute atomic E-state index is 0.00950. The lowest BCUT2D eigenvalue weighted by molar-refractivity contribution is 0.219. The number of aliphatic hydroxyl groups is 1. The number of unbranched alkanes of at least 4 members (excludes halogenated alkanes) is 5. The molecular formula is C34H46O2Si. The SMILES string of the molecule is CCCCCCCCC(C=Cc1cccc(CO)c1)O[Si](c1ccccc1)(c1ccccc1)C(C)(C)C. The van der Waals surface area contributed by atoms with Gasteiger partial charge in [0, 0.05) is 0 Å². The number of hydrogen-bond acceptors (Lipinski definition) is 2. The molecule has 1 N–H and O–H groups in total. The van der Waals surface area contributed by atoms with Crippen LogP contribution in [0.25, 0.3) is 6.08 Å². The van der Waals surface area contributed by atoms with E-state index in [-0.39, 0.29) is 17.7 Å². The van der Waals surface area contributed by atoms with Gasteiger partial charge in [-0.15, -0.1) is 0 Å². The first kappa shape index (κ1) is 29.1. The van der Waals surface area contributed by atoms with E-state index in [0.717, 1.165) is 24.0 Å². The van der Waals surface area contributed by atoms with Crippen molar-refractivity contribution in [2.75, 3.05) is 0 Å². The maximum atomic E-state index is 9.60. The summed E-state index contributed by atoms with van der Waals surface area (Å²) in [4.78, 5) is 0. The summed E-state index contributed by atoms with van der Waals surface area (Å²) in [6.45, 7) is 9.35. The Bertz CT molecular complexity index is 1030. The largest absolute Gasteiger partial charge is 0.401 e. The number of benzene rings is 3. The van der Waals surface area contributed by atoms with Crippen molar-refractivity contribution in [2.45, 2.75) is 90.4 Å². The Labute approximate surface area is 226 Å². The van der Waals surface area contributed by atoms with Crippen molar-refractivity contribution >= 4 is 24.8 Å². The van der Waals surface area contributed by atoms with Gasteiger partial charge in [0.2, 0.25) is 0 Å². The predicted molar refractivity (Wildman–Crippen MR) is 162 cm³/mol. The van der Waals surface area contributed by atoms with Gasteiger partial charge in [0.05, 0.1) is 12.7 Å². The molecule has 198 valence electrons. The Kier molecular flexibility index (Phi) is 11.4. The van der Waals surface area contributed by atoms with Crippen molar-refractivity contribution in [1.82, 2.24) is 0 Å². The maximum Gasteiger partial charge on any atom is 0.261 e. The average molecular weight is 515 g/mol. The highest BCUT2D eigenvalue weighted by Gasteiger charge is 2.51. The van der Waals surface area contributed by atoms with Crippen molar-refractivity contribution in [3.8, 4) is 0 Å². The van der Waals surface area contributed by atoms with Crippen LogP contribution in [0.1, 0.15) is 83.8 Å². The summed E-state index contributed by atoms with van der Waals surface area (Å²) >= 11 is 0. The highest BCUT2D eigenvalue weighted by molar-refractivity contribution is 6.99. The van der Waals surface area contributed by atoms with E-state index in [2.05, 4.69) is 113 Å². The number of hydrogen-bond donors (Lipinski definition) is 1. The molecule has 3 aromatic carbocycles. The van der Waals surface area contributed by atoms with Crippen LogP contribution in [0, 0.1) is 0 Å². The second-order valence-electron chi connectivity index (χ2n) is 11.1. The van der Waals surface area contributed by atoms with Crippen LogP contribution >= 0.6 is 0 Å². The Morgan fingerprint density at radius 3 is 1.95 bits per heavy atom. The normalized spacial score (nSPS) is 13.2. The first-order valence-corrected chi connectivity index (χ1v) is 16.0. The van der Waals surface area contributed by atoms with Crippen LogP contribution in [0.5, 0.6) is 0 Å². The van der Waals surface area contributed by atoms with Crippen LogP contribution in [-0.4, -0.2) is 19.5 Å². The van der Waals surface area contributed by atoms with Gasteiger partial charge in [-0.3, -0.25) is 0 Å². The molecule has 0 aliphatic rings. The fourth-order valence-corrected chi connectivity index (χ4v) is 9.92. The van der Waals surface area contributed by atoms with Crippen molar-refractivity contribution in [3.05, 3.63) is 102 Å². The summed E-state index contributed by atoms with van der Waals surface area (Å²) < 4.78 is 7.48. The van der Waals surface area contributed by atoms with E-state index in [1.807, 2.05) is 12.1 Å². The van der Waals surface area contributed by atoms with Crippen molar-refractivity contribution in [3.63, 3.8) is 0 Å². The summed E-state index contributed by atoms with van der Waals surface area (Å²) in [5.41, 5.74) is 2.04. The monoisotopic (exact) mass is 514 g/mol. The standard InChI is InChI=1S/C34H46O2Si/c1-5-6-7-8-9-12-20-31(26-25-29-18-17-19-30(27-29)28-35)36-37(34(2,3)4,32-21-13-10-14-22-32)33-23-15-11-16-24-33/h10-11,13-19,21-27,31,35H,5-9,12,20,28H2,1-4H3. The summed E-state index contributed by atoms with van der Waals surface area (Å²) in [7, 11) is -2.64. The van der Waals surface area contributed by atoms with Gasteiger partial charge in [0.1, 0.15) is 0 Å². The van der Waals surface area contributed by atoms with Crippen LogP contribution in [0.4, 0.5) is 0 Å². The molecule has 0 amide bonds. The second-order valence-corrected chi connectivity index (χ2v) is 15.4. The molecule has 1 atom stereocenters. The van der Waals surface area contributed by atoms with Gasteiger partial charge in [-0.2, -0.15) is 0 Å². The van der Waals surface area contributed by atoms with Crippen molar-refractivity contribution in [2.24, 2.45) is 0 Å². The van der Waals surface area contributed by atoms with Crippen LogP contribution in [0.15, 0.2) is 91.0 Å². The molecule has 0 saturated carbocycles. The van der Waals surface area contributed by atoms with E-state index >= 15 is 0 Å². The lowest BCUT2D eigenvalue weighted by atomic mass is 10.1. The molecule has 0 bridgehead atoms. The molecule has 0 heterocycles. The Morgan fingerprint density at radius 2 is 1.38 bits per heavy atom. The summed E-state index contributed by atoms with van der Waals surface area (Å²) in [5.74, 6) is 0. The predicted octanol–water partition coefficient (Wildman–Crippen LogP) is 7.89. The Hall–Kier alpha value is -2.46. The van der Waals surface area contributed by atoms with E-state index < -0.39 is 8.32 Å². The van der Waals surface area contributed by atoms with E-state index in [1.54, 1.807) is 0 Å². The second kappa shape index (κ2) is 14.5. The molecule has 0 aliphatic heterocycles. The Balaban J connectivity index is 1.99. The third-order valence-electron chi connectivity index (χ3n) is 7.22. The first-order valence-electron chi connectivity index (χ1n) is 14.1. The fraction of sp³-hybridized carbons (Fsp3) is 0.412. The van der Waals surface area contributed by atoms with Crippen LogP contribution < -0.4 is 10.4 Å². The van der Waals surface area contributed by atoms with E-state index in [4.69, 9.17) is 4.43 Å². The molecule has 0 radical (unpaired) electrons. The zero-order chi connectivity index (χ0) is 26.6. The molecule has 0 spiro atoms. The molecule has 0 fully saturated rings. The molecule has 3 heteroatoms. The molecule has 37 heavy (non-hydrogen) atoms. The topological polar surface area (TPSA) is 29.5 Å². The molecule has 3 aromatic rings. The van der Waals surface area contributed by atoms with E-state index in [0.29, 0.717) is 0 Å². The number of rotatable bonds is 14. The fourth-order valence-electron chi connectivity index (χ4n) is 5.25. The van der Waals surface area contributed by atoms with Crippen LogP contribution in [0.2, 0.25) is 5.04 Å². The highest BCUT2D eigenvalue weighted by Crippen LogP contribution is 2.38. The van der Waals surface area contributed by atoms with Gasteiger partial charge in [-0.25, -0.2) is 0 Å². The molecule has 1 unspecified atom stereocenters. The van der Waals surface area contributed by atoms with Gasteiger partial charge < -0.3 is 9.53 Å².